The Morgan fingerprint density at radius 3 is 2.67 bits per heavy atom. The number of carbonyl (C=O) groups excluding carboxylic acids is 2. The van der Waals surface area contributed by atoms with Crippen molar-refractivity contribution in [2.75, 3.05) is 19.6 Å². The molecule has 2 aliphatic heterocycles. The van der Waals surface area contributed by atoms with E-state index in [1.54, 1.807) is 9.80 Å². The van der Waals surface area contributed by atoms with E-state index in [9.17, 15) is 19.8 Å². The molecule has 4 rings (SSSR count). The molecule has 0 radical (unpaired) electrons. The lowest BCUT2D eigenvalue weighted by atomic mass is 10.1. The van der Waals surface area contributed by atoms with Crippen LogP contribution in [0.25, 0.3) is 0 Å². The molecule has 0 spiro atoms. The fraction of sp³-hybridized carbons (Fsp3) is 0.444. The predicted molar refractivity (Wildman–Crippen MR) is 94.1 cm³/mol. The molecule has 1 fully saturated rings. The van der Waals surface area contributed by atoms with Gasteiger partial charge in [0.25, 0.3) is 5.91 Å². The van der Waals surface area contributed by atoms with Crippen molar-refractivity contribution in [1.82, 2.24) is 24.6 Å². The lowest BCUT2D eigenvalue weighted by molar-refractivity contribution is -0.128. The molecule has 27 heavy (non-hydrogen) atoms. The molecule has 0 unspecified atom stereocenters. The average molecular weight is 371 g/mol. The molecule has 9 heteroatoms. The van der Waals surface area contributed by atoms with E-state index in [0.717, 1.165) is 30.7 Å². The molecule has 1 aromatic carbocycles. The summed E-state index contributed by atoms with van der Waals surface area (Å²) in [5.41, 5.74) is 0.161. The van der Waals surface area contributed by atoms with Crippen molar-refractivity contribution < 1.29 is 19.8 Å². The molecule has 3 heterocycles. The maximum absolute atomic E-state index is 12.8. The van der Waals surface area contributed by atoms with E-state index in [1.807, 2.05) is 4.57 Å². The highest BCUT2D eigenvalue weighted by Crippen LogP contribution is 2.24. The summed E-state index contributed by atoms with van der Waals surface area (Å²) in [6, 6.07) is 3.96. The summed E-state index contributed by atoms with van der Waals surface area (Å²) in [5, 5.41) is 27.8. The van der Waals surface area contributed by atoms with Gasteiger partial charge in [0.1, 0.15) is 17.3 Å². The van der Waals surface area contributed by atoms with Gasteiger partial charge in [-0.1, -0.05) is 0 Å². The number of hydrogen-bond donors (Lipinski definition) is 2. The molecule has 9 nitrogen and oxygen atoms in total. The van der Waals surface area contributed by atoms with Gasteiger partial charge in [-0.05, 0) is 18.6 Å². The fourth-order valence-electron chi connectivity index (χ4n) is 3.62. The summed E-state index contributed by atoms with van der Waals surface area (Å²) >= 11 is 0. The summed E-state index contributed by atoms with van der Waals surface area (Å²) in [7, 11) is 0. The monoisotopic (exact) mass is 371 g/mol. The number of phenolic OH excluding ortho intramolecular Hbond substituents is 2. The van der Waals surface area contributed by atoms with E-state index >= 15 is 0 Å². The van der Waals surface area contributed by atoms with Crippen molar-refractivity contribution in [2.24, 2.45) is 0 Å². The van der Waals surface area contributed by atoms with Crippen LogP contribution in [0, 0.1) is 0 Å². The number of likely N-dealkylation sites (tertiary alicyclic amines) is 1. The molecule has 2 amide bonds. The molecule has 1 aromatic heterocycles. The minimum atomic E-state index is -0.289. The summed E-state index contributed by atoms with van der Waals surface area (Å²) in [6.45, 7) is 2.62. The lowest BCUT2D eigenvalue weighted by Gasteiger charge is -2.21. The number of hydrogen-bond acceptors (Lipinski definition) is 6. The minimum Gasteiger partial charge on any atom is -0.508 e. The second-order valence-corrected chi connectivity index (χ2v) is 6.85. The van der Waals surface area contributed by atoms with Crippen LogP contribution < -0.4 is 0 Å². The van der Waals surface area contributed by atoms with Crippen molar-refractivity contribution >= 4 is 11.8 Å². The Kier molecular flexibility index (Phi) is 4.43. The number of rotatable bonds is 3. The summed E-state index contributed by atoms with van der Waals surface area (Å²) < 4.78 is 1.98. The standard InChI is InChI=1S/C18H21N5O4/c24-12-3-4-13(14(25)10-12)18(27)21-7-5-15-19-20-16(23(15)9-8-21)11-22-6-1-2-17(22)26/h3-4,10,24-25H,1-2,5-9,11H2. The molecule has 142 valence electrons. The van der Waals surface area contributed by atoms with Crippen LogP contribution >= 0.6 is 0 Å². The van der Waals surface area contributed by atoms with Crippen LogP contribution in [0.2, 0.25) is 0 Å². The maximum Gasteiger partial charge on any atom is 0.257 e. The predicted octanol–water partition coefficient (Wildman–Crippen LogP) is 0.510. The van der Waals surface area contributed by atoms with Crippen LogP contribution in [0.3, 0.4) is 0 Å². The van der Waals surface area contributed by atoms with Crippen molar-refractivity contribution in [1.29, 1.82) is 0 Å². The topological polar surface area (TPSA) is 112 Å². The second-order valence-electron chi connectivity index (χ2n) is 6.85. The largest absolute Gasteiger partial charge is 0.508 e. The van der Waals surface area contributed by atoms with E-state index < -0.39 is 0 Å². The van der Waals surface area contributed by atoms with Gasteiger partial charge in [-0.3, -0.25) is 9.59 Å². The Hall–Kier alpha value is -3.10. The first-order chi connectivity index (χ1) is 13.0. The Balaban J connectivity index is 1.48. The molecule has 0 saturated carbocycles. The molecule has 1 saturated heterocycles. The summed E-state index contributed by atoms with van der Waals surface area (Å²) in [6.07, 6.45) is 2.00. The maximum atomic E-state index is 12.8. The van der Waals surface area contributed by atoms with Gasteiger partial charge in [-0.15, -0.1) is 10.2 Å². The van der Waals surface area contributed by atoms with Crippen LogP contribution in [0.15, 0.2) is 18.2 Å². The lowest BCUT2D eigenvalue weighted by Crippen LogP contribution is -2.34. The molecule has 2 aliphatic rings. The zero-order chi connectivity index (χ0) is 19.0. The van der Waals surface area contributed by atoms with Gasteiger partial charge in [-0.2, -0.15) is 0 Å². The van der Waals surface area contributed by atoms with Gasteiger partial charge in [0.2, 0.25) is 5.91 Å². The number of phenols is 2. The fourth-order valence-corrected chi connectivity index (χ4v) is 3.62. The van der Waals surface area contributed by atoms with Crippen LogP contribution in [-0.4, -0.2) is 66.2 Å². The number of amides is 2. The molecular formula is C18H21N5O4. The normalized spacial score (nSPS) is 17.1. The Morgan fingerprint density at radius 1 is 1.07 bits per heavy atom. The SMILES string of the molecule is O=C1CCCN1Cc1nnc2n1CCN(C(=O)c1ccc(O)cc1O)CC2. The number of nitrogens with zero attached hydrogens (tertiary/aromatic N) is 5. The highest BCUT2D eigenvalue weighted by Gasteiger charge is 2.27. The Morgan fingerprint density at radius 2 is 1.93 bits per heavy atom. The van der Waals surface area contributed by atoms with Crippen LogP contribution in [0.5, 0.6) is 11.5 Å². The summed E-state index contributed by atoms with van der Waals surface area (Å²) in [4.78, 5) is 28.1. The zero-order valence-electron chi connectivity index (χ0n) is 14.8. The third-order valence-electron chi connectivity index (χ3n) is 5.11. The van der Waals surface area contributed by atoms with E-state index in [2.05, 4.69) is 10.2 Å². The van der Waals surface area contributed by atoms with Gasteiger partial charge < -0.3 is 24.6 Å². The zero-order valence-corrected chi connectivity index (χ0v) is 14.8. The first-order valence-electron chi connectivity index (χ1n) is 9.03. The van der Waals surface area contributed by atoms with E-state index in [0.29, 0.717) is 39.0 Å². The average Bonchev–Trinajstić information content (AvgIpc) is 3.14. The Labute approximate surface area is 155 Å². The molecule has 2 aromatic rings. The first-order valence-corrected chi connectivity index (χ1v) is 9.03. The van der Waals surface area contributed by atoms with Gasteiger partial charge in [-0.25, -0.2) is 0 Å². The van der Waals surface area contributed by atoms with Gasteiger partial charge in [0.15, 0.2) is 5.82 Å². The highest BCUT2D eigenvalue weighted by molar-refractivity contribution is 5.97. The van der Waals surface area contributed by atoms with Crippen molar-refractivity contribution in [3.8, 4) is 11.5 Å². The minimum absolute atomic E-state index is 0.0905. The third kappa shape index (κ3) is 3.32. The number of benzene rings is 1. The molecule has 0 atom stereocenters. The van der Waals surface area contributed by atoms with Gasteiger partial charge in [0, 0.05) is 45.1 Å². The van der Waals surface area contributed by atoms with Gasteiger partial charge >= 0.3 is 0 Å². The molecular weight excluding hydrogens is 350 g/mol. The van der Waals surface area contributed by atoms with Crippen LogP contribution in [-0.2, 0) is 24.3 Å². The Bertz CT molecular complexity index is 894. The van der Waals surface area contributed by atoms with Gasteiger partial charge in [0.05, 0.1) is 12.1 Å². The molecule has 2 N–H and O–H groups in total. The van der Waals surface area contributed by atoms with Crippen molar-refractivity contribution in [3.63, 3.8) is 0 Å². The highest BCUT2D eigenvalue weighted by atomic mass is 16.3. The van der Waals surface area contributed by atoms with E-state index in [1.165, 1.54) is 12.1 Å². The molecule has 0 aliphatic carbocycles. The van der Waals surface area contributed by atoms with E-state index in [-0.39, 0.29) is 28.9 Å². The first kappa shape index (κ1) is 17.3. The quantitative estimate of drug-likeness (QED) is 0.813. The van der Waals surface area contributed by atoms with E-state index in [4.69, 9.17) is 0 Å². The molecule has 0 bridgehead atoms. The van der Waals surface area contributed by atoms with Crippen molar-refractivity contribution in [2.45, 2.75) is 32.4 Å². The smallest absolute Gasteiger partial charge is 0.257 e. The third-order valence-corrected chi connectivity index (χ3v) is 5.11. The van der Waals surface area contributed by atoms with Crippen molar-refractivity contribution in [3.05, 3.63) is 35.4 Å². The number of fused-ring (bicyclic) bond motifs is 1. The number of aromatic nitrogens is 3. The van der Waals surface area contributed by atoms with Crippen LogP contribution in [0.1, 0.15) is 34.8 Å². The second kappa shape index (κ2) is 6.90. The number of aromatic hydroxyl groups is 2. The van der Waals surface area contributed by atoms with Crippen LogP contribution in [0.4, 0.5) is 0 Å². The number of carbonyl (C=O) groups is 2. The summed E-state index contributed by atoms with van der Waals surface area (Å²) in [5.74, 6) is 1.05.